The minimum atomic E-state index is 0.389. The standard InChI is InChI=1S/C12H16N2S2/c1-8-3-4-11(16-8)9(2)14-7-12-10(13)5-6-15-12/h3-6,9,14H,7,13H2,1-2H3. The molecule has 86 valence electrons. The van der Waals surface area contributed by atoms with E-state index in [-0.39, 0.29) is 0 Å². The van der Waals surface area contributed by atoms with Gasteiger partial charge in [0.2, 0.25) is 0 Å². The number of anilines is 1. The van der Waals surface area contributed by atoms with Crippen molar-refractivity contribution in [3.05, 3.63) is 38.2 Å². The average Bonchev–Trinajstić information content (AvgIpc) is 2.84. The minimum absolute atomic E-state index is 0.389. The van der Waals surface area contributed by atoms with E-state index in [4.69, 9.17) is 5.73 Å². The first-order chi connectivity index (χ1) is 7.66. The van der Waals surface area contributed by atoms with Crippen molar-refractivity contribution in [2.45, 2.75) is 26.4 Å². The van der Waals surface area contributed by atoms with Gasteiger partial charge in [-0.3, -0.25) is 0 Å². The monoisotopic (exact) mass is 252 g/mol. The molecule has 1 atom stereocenters. The number of hydrogen-bond acceptors (Lipinski definition) is 4. The zero-order valence-corrected chi connectivity index (χ0v) is 11.1. The van der Waals surface area contributed by atoms with Crippen molar-refractivity contribution < 1.29 is 0 Å². The van der Waals surface area contributed by atoms with E-state index >= 15 is 0 Å². The molecule has 1 unspecified atom stereocenters. The van der Waals surface area contributed by atoms with Crippen LogP contribution in [0.3, 0.4) is 0 Å². The first-order valence-corrected chi connectivity index (χ1v) is 6.98. The first-order valence-electron chi connectivity index (χ1n) is 5.28. The van der Waals surface area contributed by atoms with Crippen molar-refractivity contribution in [3.8, 4) is 0 Å². The molecule has 3 N–H and O–H groups in total. The van der Waals surface area contributed by atoms with E-state index in [1.807, 2.05) is 22.8 Å². The molecule has 0 aliphatic heterocycles. The molecule has 2 aromatic rings. The summed E-state index contributed by atoms with van der Waals surface area (Å²) in [5.74, 6) is 0. The number of hydrogen-bond donors (Lipinski definition) is 2. The molecule has 0 spiro atoms. The van der Waals surface area contributed by atoms with Gasteiger partial charge in [-0.15, -0.1) is 22.7 Å². The number of rotatable bonds is 4. The van der Waals surface area contributed by atoms with Crippen molar-refractivity contribution in [2.24, 2.45) is 0 Å². The van der Waals surface area contributed by atoms with E-state index in [9.17, 15) is 0 Å². The van der Waals surface area contributed by atoms with Crippen molar-refractivity contribution in [1.29, 1.82) is 0 Å². The molecule has 0 bridgehead atoms. The van der Waals surface area contributed by atoms with Crippen LogP contribution in [0.15, 0.2) is 23.6 Å². The lowest BCUT2D eigenvalue weighted by atomic mass is 10.2. The Morgan fingerprint density at radius 2 is 2.19 bits per heavy atom. The van der Waals surface area contributed by atoms with Crippen molar-refractivity contribution >= 4 is 28.4 Å². The van der Waals surface area contributed by atoms with Gasteiger partial charge in [0.15, 0.2) is 0 Å². The fourth-order valence-electron chi connectivity index (χ4n) is 1.53. The van der Waals surface area contributed by atoms with Crippen LogP contribution in [0.25, 0.3) is 0 Å². The molecule has 0 aromatic carbocycles. The van der Waals surface area contributed by atoms with Gasteiger partial charge in [-0.2, -0.15) is 0 Å². The predicted molar refractivity (Wildman–Crippen MR) is 73.0 cm³/mol. The molecular formula is C12H16N2S2. The Labute approximate surface area is 104 Å². The largest absolute Gasteiger partial charge is 0.398 e. The molecule has 0 amide bonds. The lowest BCUT2D eigenvalue weighted by Gasteiger charge is -2.11. The van der Waals surface area contributed by atoms with Crippen LogP contribution in [0.2, 0.25) is 0 Å². The van der Waals surface area contributed by atoms with Crippen LogP contribution in [0.4, 0.5) is 5.69 Å². The van der Waals surface area contributed by atoms with E-state index in [2.05, 4.69) is 31.3 Å². The van der Waals surface area contributed by atoms with E-state index in [1.165, 1.54) is 14.6 Å². The fourth-order valence-corrected chi connectivity index (χ4v) is 3.18. The molecule has 0 saturated carbocycles. The Morgan fingerprint density at radius 1 is 1.38 bits per heavy atom. The van der Waals surface area contributed by atoms with Gasteiger partial charge in [0.1, 0.15) is 0 Å². The number of thiophene rings is 2. The maximum Gasteiger partial charge on any atom is 0.0468 e. The van der Waals surface area contributed by atoms with Crippen molar-refractivity contribution in [3.63, 3.8) is 0 Å². The van der Waals surface area contributed by atoms with Crippen LogP contribution in [-0.2, 0) is 6.54 Å². The molecule has 2 nitrogen and oxygen atoms in total. The van der Waals surface area contributed by atoms with Gasteiger partial charge in [-0.1, -0.05) is 0 Å². The summed E-state index contributed by atoms with van der Waals surface area (Å²) >= 11 is 3.55. The molecule has 2 rings (SSSR count). The summed E-state index contributed by atoms with van der Waals surface area (Å²) in [6, 6.07) is 6.70. The van der Waals surface area contributed by atoms with E-state index in [1.54, 1.807) is 11.3 Å². The second kappa shape index (κ2) is 4.99. The molecule has 2 aromatic heterocycles. The smallest absolute Gasteiger partial charge is 0.0468 e. The second-order valence-electron chi connectivity index (χ2n) is 3.85. The number of aryl methyl sites for hydroxylation is 1. The first kappa shape index (κ1) is 11.6. The highest BCUT2D eigenvalue weighted by atomic mass is 32.1. The van der Waals surface area contributed by atoms with Crippen molar-refractivity contribution in [2.75, 3.05) is 5.73 Å². The summed E-state index contributed by atoms with van der Waals surface area (Å²) in [7, 11) is 0. The molecule has 2 heterocycles. The zero-order chi connectivity index (χ0) is 11.5. The van der Waals surface area contributed by atoms with Gasteiger partial charge >= 0.3 is 0 Å². The highest BCUT2D eigenvalue weighted by Gasteiger charge is 2.08. The average molecular weight is 252 g/mol. The van der Waals surface area contributed by atoms with Gasteiger partial charge < -0.3 is 11.1 Å². The third kappa shape index (κ3) is 2.64. The molecule has 0 fully saturated rings. The topological polar surface area (TPSA) is 38.0 Å². The summed E-state index contributed by atoms with van der Waals surface area (Å²) in [6.45, 7) is 5.18. The molecule has 0 saturated heterocycles. The molecule has 0 aliphatic carbocycles. The third-order valence-corrected chi connectivity index (χ3v) is 4.66. The SMILES string of the molecule is Cc1ccc(C(C)NCc2sccc2N)s1. The van der Waals surface area contributed by atoms with Gasteiger partial charge in [0.25, 0.3) is 0 Å². The van der Waals surface area contributed by atoms with Crippen LogP contribution in [-0.4, -0.2) is 0 Å². The summed E-state index contributed by atoms with van der Waals surface area (Å²) < 4.78 is 0. The summed E-state index contributed by atoms with van der Waals surface area (Å²) in [6.07, 6.45) is 0. The lowest BCUT2D eigenvalue weighted by Crippen LogP contribution is -2.17. The summed E-state index contributed by atoms with van der Waals surface area (Å²) in [5.41, 5.74) is 6.74. The Morgan fingerprint density at radius 3 is 2.75 bits per heavy atom. The number of nitrogens with one attached hydrogen (secondary N) is 1. The maximum atomic E-state index is 5.84. The van der Waals surface area contributed by atoms with Gasteiger partial charge in [0.05, 0.1) is 0 Å². The quantitative estimate of drug-likeness (QED) is 0.873. The maximum absolute atomic E-state index is 5.84. The summed E-state index contributed by atoms with van der Waals surface area (Å²) in [4.78, 5) is 3.96. The van der Waals surface area contributed by atoms with Crippen LogP contribution >= 0.6 is 22.7 Å². The Kier molecular flexibility index (Phi) is 3.63. The van der Waals surface area contributed by atoms with Crippen LogP contribution in [0.5, 0.6) is 0 Å². The lowest BCUT2D eigenvalue weighted by molar-refractivity contribution is 0.588. The Hall–Kier alpha value is -0.840. The highest BCUT2D eigenvalue weighted by Crippen LogP contribution is 2.24. The molecule has 16 heavy (non-hydrogen) atoms. The minimum Gasteiger partial charge on any atom is -0.398 e. The predicted octanol–water partition coefficient (Wildman–Crippen LogP) is 3.55. The van der Waals surface area contributed by atoms with E-state index < -0.39 is 0 Å². The summed E-state index contributed by atoms with van der Waals surface area (Å²) in [5, 5.41) is 5.53. The number of nitrogen functional groups attached to an aromatic ring is 1. The fraction of sp³-hybridized carbons (Fsp3) is 0.333. The Balaban J connectivity index is 1.93. The molecule has 0 aliphatic rings. The van der Waals surface area contributed by atoms with Crippen LogP contribution in [0.1, 0.15) is 27.6 Å². The number of nitrogens with two attached hydrogens (primary N) is 1. The molecule has 0 radical (unpaired) electrons. The van der Waals surface area contributed by atoms with E-state index in [0.29, 0.717) is 6.04 Å². The van der Waals surface area contributed by atoms with Crippen LogP contribution in [0, 0.1) is 6.92 Å². The normalized spacial score (nSPS) is 12.9. The van der Waals surface area contributed by atoms with Gasteiger partial charge in [-0.25, -0.2) is 0 Å². The zero-order valence-electron chi connectivity index (χ0n) is 9.49. The van der Waals surface area contributed by atoms with Crippen LogP contribution < -0.4 is 11.1 Å². The second-order valence-corrected chi connectivity index (χ2v) is 6.17. The van der Waals surface area contributed by atoms with E-state index in [0.717, 1.165) is 12.2 Å². The Bertz CT molecular complexity index is 459. The van der Waals surface area contributed by atoms with Crippen molar-refractivity contribution in [1.82, 2.24) is 5.32 Å². The van der Waals surface area contributed by atoms with Gasteiger partial charge in [0, 0.05) is 32.9 Å². The van der Waals surface area contributed by atoms with Gasteiger partial charge in [-0.05, 0) is 37.4 Å². The molecule has 4 heteroatoms. The molecular weight excluding hydrogens is 236 g/mol. The third-order valence-electron chi connectivity index (χ3n) is 2.54. The highest BCUT2D eigenvalue weighted by molar-refractivity contribution is 7.12.